The summed E-state index contributed by atoms with van der Waals surface area (Å²) in [7, 11) is -1.65. The van der Waals surface area contributed by atoms with E-state index in [0.29, 0.717) is 19.5 Å². The zero-order valence-corrected chi connectivity index (χ0v) is 14.9. The van der Waals surface area contributed by atoms with Crippen molar-refractivity contribution in [2.24, 2.45) is 0 Å². The smallest absolute Gasteiger partial charge is 0.219 e. The lowest BCUT2D eigenvalue weighted by Crippen LogP contribution is -2.37. The molecule has 0 aliphatic rings. The van der Waals surface area contributed by atoms with Gasteiger partial charge in [0.1, 0.15) is 5.75 Å². The summed E-state index contributed by atoms with van der Waals surface area (Å²) >= 11 is 0. The van der Waals surface area contributed by atoms with E-state index in [1.54, 1.807) is 12.0 Å². The zero-order valence-electron chi connectivity index (χ0n) is 14.0. The largest absolute Gasteiger partial charge is 0.497 e. The quantitative estimate of drug-likeness (QED) is 0.703. The molecule has 7 heteroatoms. The molecule has 1 aromatic rings. The van der Waals surface area contributed by atoms with E-state index in [9.17, 15) is 13.2 Å². The van der Waals surface area contributed by atoms with Crippen molar-refractivity contribution < 1.29 is 17.9 Å². The average molecular weight is 342 g/mol. The number of methoxy groups -OCH3 is 1. The van der Waals surface area contributed by atoms with E-state index in [0.717, 1.165) is 17.7 Å². The summed E-state index contributed by atoms with van der Waals surface area (Å²) in [6.45, 7) is 4.43. The molecule has 0 radical (unpaired) electrons. The van der Waals surface area contributed by atoms with Gasteiger partial charge in [-0.2, -0.15) is 0 Å². The summed E-state index contributed by atoms with van der Waals surface area (Å²) in [5, 5.41) is 0. The molecule has 1 amide bonds. The number of hydrogen-bond acceptors (Lipinski definition) is 4. The molecule has 1 aromatic carbocycles. The second kappa shape index (κ2) is 9.52. The topological polar surface area (TPSA) is 75.7 Å². The minimum atomic E-state index is -3.25. The van der Waals surface area contributed by atoms with Gasteiger partial charge >= 0.3 is 0 Å². The van der Waals surface area contributed by atoms with Crippen LogP contribution in [0.1, 0.15) is 32.3 Å². The van der Waals surface area contributed by atoms with Crippen LogP contribution < -0.4 is 9.46 Å². The highest BCUT2D eigenvalue weighted by Crippen LogP contribution is 2.13. The predicted molar refractivity (Wildman–Crippen MR) is 90.8 cm³/mol. The number of amides is 1. The van der Waals surface area contributed by atoms with Gasteiger partial charge in [0, 0.05) is 26.6 Å². The molecule has 0 unspecified atom stereocenters. The van der Waals surface area contributed by atoms with E-state index in [4.69, 9.17) is 4.74 Å². The van der Waals surface area contributed by atoms with E-state index in [-0.39, 0.29) is 18.2 Å². The van der Waals surface area contributed by atoms with Crippen LogP contribution in [0.3, 0.4) is 0 Å². The number of nitrogens with one attached hydrogen (secondary N) is 1. The predicted octanol–water partition coefficient (Wildman–Crippen LogP) is 1.76. The Kier molecular flexibility index (Phi) is 8.05. The molecular weight excluding hydrogens is 316 g/mol. The highest BCUT2D eigenvalue weighted by Gasteiger charge is 2.13. The van der Waals surface area contributed by atoms with Gasteiger partial charge in [0.15, 0.2) is 0 Å². The third-order valence-electron chi connectivity index (χ3n) is 3.45. The first kappa shape index (κ1) is 19.4. The molecule has 0 spiro atoms. The van der Waals surface area contributed by atoms with E-state index in [2.05, 4.69) is 4.72 Å². The Hall–Kier alpha value is -1.60. The molecule has 0 aliphatic carbocycles. The maximum absolute atomic E-state index is 11.7. The van der Waals surface area contributed by atoms with Gasteiger partial charge in [-0.3, -0.25) is 4.79 Å². The highest BCUT2D eigenvalue weighted by atomic mass is 32.2. The molecule has 0 aliphatic heterocycles. The number of carbonyl (C=O) groups excluding carboxylic acids is 1. The number of rotatable bonds is 10. The molecule has 23 heavy (non-hydrogen) atoms. The number of ether oxygens (including phenoxy) is 1. The third kappa shape index (κ3) is 7.47. The first-order chi connectivity index (χ1) is 10.9. The van der Waals surface area contributed by atoms with Gasteiger partial charge in [0.05, 0.1) is 12.9 Å². The summed E-state index contributed by atoms with van der Waals surface area (Å²) < 4.78 is 31.1. The van der Waals surface area contributed by atoms with Gasteiger partial charge in [-0.15, -0.1) is 0 Å². The van der Waals surface area contributed by atoms with E-state index in [1.165, 1.54) is 6.92 Å². The first-order valence-corrected chi connectivity index (χ1v) is 9.39. The molecule has 1 rings (SSSR count). The van der Waals surface area contributed by atoms with Crippen LogP contribution in [0.5, 0.6) is 5.75 Å². The lowest BCUT2D eigenvalue weighted by molar-refractivity contribution is -0.129. The fraction of sp³-hybridized carbons (Fsp3) is 0.562. The molecule has 6 nitrogen and oxygen atoms in total. The van der Waals surface area contributed by atoms with Crippen molar-refractivity contribution in [1.29, 1.82) is 0 Å². The Balaban J connectivity index is 2.53. The van der Waals surface area contributed by atoms with Crippen LogP contribution in [-0.4, -0.2) is 45.2 Å². The average Bonchev–Trinajstić information content (AvgIpc) is 2.52. The van der Waals surface area contributed by atoms with Crippen molar-refractivity contribution in [2.45, 2.75) is 33.2 Å². The standard InChI is InChI=1S/C16H26N2O4S/c1-4-5-12-23(20,21)17-10-11-18(14(2)19)13-15-6-8-16(22-3)9-7-15/h6-9,17H,4-5,10-13H2,1-3H3. The van der Waals surface area contributed by atoms with E-state index >= 15 is 0 Å². The van der Waals surface area contributed by atoms with Gasteiger partial charge in [-0.1, -0.05) is 25.5 Å². The summed E-state index contributed by atoms with van der Waals surface area (Å²) in [4.78, 5) is 13.3. The van der Waals surface area contributed by atoms with Gasteiger partial charge in [-0.25, -0.2) is 13.1 Å². The minimum Gasteiger partial charge on any atom is -0.497 e. The second-order valence-corrected chi connectivity index (χ2v) is 7.28. The highest BCUT2D eigenvalue weighted by molar-refractivity contribution is 7.89. The lowest BCUT2D eigenvalue weighted by Gasteiger charge is -2.21. The Morgan fingerprint density at radius 2 is 1.91 bits per heavy atom. The van der Waals surface area contributed by atoms with E-state index < -0.39 is 10.0 Å². The number of nitrogens with zero attached hydrogens (tertiary/aromatic N) is 1. The number of benzene rings is 1. The summed E-state index contributed by atoms with van der Waals surface area (Å²) in [5.74, 6) is 0.794. The van der Waals surface area contributed by atoms with E-state index in [1.807, 2.05) is 31.2 Å². The van der Waals surface area contributed by atoms with Crippen LogP contribution in [0.15, 0.2) is 24.3 Å². The van der Waals surface area contributed by atoms with Crippen molar-refractivity contribution in [1.82, 2.24) is 9.62 Å². The SMILES string of the molecule is CCCCS(=O)(=O)NCCN(Cc1ccc(OC)cc1)C(C)=O. The first-order valence-electron chi connectivity index (χ1n) is 7.73. The van der Waals surface area contributed by atoms with Gasteiger partial charge in [-0.05, 0) is 24.1 Å². The number of carbonyl (C=O) groups is 1. The summed E-state index contributed by atoms with van der Waals surface area (Å²) in [5.41, 5.74) is 0.967. The minimum absolute atomic E-state index is 0.0893. The third-order valence-corrected chi connectivity index (χ3v) is 4.92. The fourth-order valence-corrected chi connectivity index (χ4v) is 3.26. The second-order valence-electron chi connectivity index (χ2n) is 5.36. The van der Waals surface area contributed by atoms with Crippen molar-refractivity contribution in [3.05, 3.63) is 29.8 Å². The number of unbranched alkanes of at least 4 members (excludes halogenated alkanes) is 1. The Morgan fingerprint density at radius 1 is 1.26 bits per heavy atom. The van der Waals surface area contributed by atoms with Crippen LogP contribution in [0, 0.1) is 0 Å². The molecular formula is C16H26N2O4S. The van der Waals surface area contributed by atoms with Crippen LogP contribution >= 0.6 is 0 Å². The molecule has 130 valence electrons. The van der Waals surface area contributed by atoms with Gasteiger partial charge in [0.25, 0.3) is 0 Å². The van der Waals surface area contributed by atoms with Gasteiger partial charge < -0.3 is 9.64 Å². The Labute approximate surface area is 138 Å². The number of sulfonamides is 1. The maximum Gasteiger partial charge on any atom is 0.219 e. The summed E-state index contributed by atoms with van der Waals surface area (Å²) in [6.07, 6.45) is 1.47. The molecule has 0 atom stereocenters. The molecule has 0 saturated carbocycles. The Bertz CT molecular complexity index is 585. The summed E-state index contributed by atoms with van der Waals surface area (Å²) in [6, 6.07) is 7.45. The lowest BCUT2D eigenvalue weighted by atomic mass is 10.2. The Morgan fingerprint density at radius 3 is 2.43 bits per heavy atom. The fourth-order valence-electron chi connectivity index (χ4n) is 2.04. The molecule has 0 bridgehead atoms. The zero-order chi connectivity index (χ0) is 17.3. The van der Waals surface area contributed by atoms with Crippen molar-refractivity contribution in [2.75, 3.05) is 26.0 Å². The molecule has 0 saturated heterocycles. The molecule has 0 aromatic heterocycles. The van der Waals surface area contributed by atoms with Crippen LogP contribution in [-0.2, 0) is 21.4 Å². The van der Waals surface area contributed by atoms with Crippen LogP contribution in [0.25, 0.3) is 0 Å². The molecule has 0 heterocycles. The van der Waals surface area contributed by atoms with Crippen molar-refractivity contribution in [3.63, 3.8) is 0 Å². The van der Waals surface area contributed by atoms with Gasteiger partial charge in [0.2, 0.25) is 15.9 Å². The van der Waals surface area contributed by atoms with Crippen LogP contribution in [0.2, 0.25) is 0 Å². The van der Waals surface area contributed by atoms with Crippen molar-refractivity contribution in [3.8, 4) is 5.75 Å². The molecule has 1 N–H and O–H groups in total. The maximum atomic E-state index is 11.7. The molecule has 0 fully saturated rings. The normalized spacial score (nSPS) is 11.3. The monoisotopic (exact) mass is 342 g/mol. The van der Waals surface area contributed by atoms with Crippen molar-refractivity contribution >= 4 is 15.9 Å². The number of hydrogen-bond donors (Lipinski definition) is 1. The van der Waals surface area contributed by atoms with Crippen LogP contribution in [0.4, 0.5) is 0 Å².